The fraction of sp³-hybridized carbons (Fsp3) is 0.886. The van der Waals surface area contributed by atoms with Crippen LogP contribution in [0.4, 0.5) is 0 Å². The molecule has 4 saturated carbocycles. The Morgan fingerprint density at radius 1 is 1.00 bits per heavy atom. The number of Topliss-reactive ketones (excluding diaryl/α,β-unsaturated/α-hetero) is 1. The smallest absolute Gasteiger partial charge is 0.244 e. The van der Waals surface area contributed by atoms with Crippen molar-refractivity contribution in [2.24, 2.45) is 56.6 Å². The van der Waals surface area contributed by atoms with Crippen LogP contribution in [-0.2, 0) is 9.59 Å². The number of carbonyl (C=O) groups excluding carboxylic acids is 2. The zero-order valence-corrected chi connectivity index (χ0v) is 27.2. The van der Waals surface area contributed by atoms with E-state index in [1.165, 1.54) is 0 Å². The topological polar surface area (TPSA) is 132 Å². The van der Waals surface area contributed by atoms with Gasteiger partial charge in [-0.05, 0) is 136 Å². The summed E-state index contributed by atoms with van der Waals surface area (Å²) in [6.07, 6.45) is 12.8. The molecule has 1 aliphatic heterocycles. The molecule has 0 bridgehead atoms. The third-order valence-corrected chi connectivity index (χ3v) is 13.1. The minimum Gasteiger partial charge on any atom is -0.393 e. The van der Waals surface area contributed by atoms with Crippen molar-refractivity contribution in [1.29, 1.82) is 0 Å². The molecular formula is C35H57N3O5. The summed E-state index contributed by atoms with van der Waals surface area (Å²) in [6, 6.07) is -0.503. The minimum absolute atomic E-state index is 0.0631. The van der Waals surface area contributed by atoms with Gasteiger partial charge in [-0.15, -0.1) is 0 Å². The first-order valence-corrected chi connectivity index (χ1v) is 17.3. The number of aliphatic hydroxyl groups excluding tert-OH is 3. The van der Waals surface area contributed by atoms with E-state index in [1.54, 1.807) is 6.08 Å². The second-order valence-electron chi connectivity index (χ2n) is 15.7. The van der Waals surface area contributed by atoms with Crippen molar-refractivity contribution in [3.63, 3.8) is 0 Å². The summed E-state index contributed by atoms with van der Waals surface area (Å²) in [5, 5.41) is 44.7. The van der Waals surface area contributed by atoms with Gasteiger partial charge in [0, 0.05) is 6.42 Å². The molecular weight excluding hydrogens is 542 g/mol. The summed E-state index contributed by atoms with van der Waals surface area (Å²) in [5.41, 5.74) is -0.524. The summed E-state index contributed by atoms with van der Waals surface area (Å²) in [5.74, 6) is 1.76. The number of nitrogens with one attached hydrogen (secondary N) is 1. The molecule has 0 aromatic rings. The van der Waals surface area contributed by atoms with E-state index in [0.717, 1.165) is 64.2 Å². The fourth-order valence-electron chi connectivity index (χ4n) is 10.4. The molecule has 0 aromatic carbocycles. The monoisotopic (exact) mass is 599 g/mol. The van der Waals surface area contributed by atoms with Crippen LogP contribution in [0.5, 0.6) is 0 Å². The van der Waals surface area contributed by atoms with E-state index in [9.17, 15) is 24.9 Å². The van der Waals surface area contributed by atoms with Crippen molar-refractivity contribution in [3.05, 3.63) is 12.2 Å². The van der Waals surface area contributed by atoms with Crippen LogP contribution in [0.2, 0.25) is 0 Å². The van der Waals surface area contributed by atoms with Crippen LogP contribution >= 0.6 is 0 Å². The summed E-state index contributed by atoms with van der Waals surface area (Å²) < 4.78 is 0. The first kappa shape index (κ1) is 32.7. The molecule has 0 saturated heterocycles. The van der Waals surface area contributed by atoms with Gasteiger partial charge in [-0.3, -0.25) is 9.59 Å². The zero-order valence-electron chi connectivity index (χ0n) is 27.2. The van der Waals surface area contributed by atoms with Gasteiger partial charge in [0.2, 0.25) is 5.91 Å². The molecule has 0 spiro atoms. The van der Waals surface area contributed by atoms with E-state index in [1.807, 2.05) is 19.9 Å². The Hall–Kier alpha value is -1.64. The number of rotatable bonds is 12. The van der Waals surface area contributed by atoms with Crippen molar-refractivity contribution in [3.8, 4) is 0 Å². The largest absolute Gasteiger partial charge is 0.393 e. The predicted octanol–water partition coefficient (Wildman–Crippen LogP) is 5.74. The SMILES string of the molecule is CCCC(=O)C(CCC1(C)N=N1)NC(=O)C=CCC[C@@H](C)[C@H]1CC[C@H]2C3C(O)C[C@@H]4C[C@H](O)CC[C@]4(C)[C@H]3C[C@H](O)[C@]12C. The van der Waals surface area contributed by atoms with Gasteiger partial charge in [0.1, 0.15) is 0 Å². The average molecular weight is 600 g/mol. The zero-order chi connectivity index (χ0) is 31.2. The minimum atomic E-state index is -0.503. The van der Waals surface area contributed by atoms with Gasteiger partial charge >= 0.3 is 0 Å². The average Bonchev–Trinajstić information content (AvgIpc) is 3.58. The van der Waals surface area contributed by atoms with Gasteiger partial charge in [-0.2, -0.15) is 10.2 Å². The summed E-state index contributed by atoms with van der Waals surface area (Å²) in [6.45, 7) is 10.9. The number of nitrogens with zero attached hydrogens (tertiary/aromatic N) is 2. The second kappa shape index (κ2) is 12.6. The summed E-state index contributed by atoms with van der Waals surface area (Å²) in [4.78, 5) is 25.3. The Morgan fingerprint density at radius 3 is 2.44 bits per heavy atom. The molecule has 8 heteroatoms. The third kappa shape index (κ3) is 6.40. The highest BCUT2D eigenvalue weighted by atomic mass is 16.3. The molecule has 12 atom stereocenters. The van der Waals surface area contributed by atoms with Crippen molar-refractivity contribution < 1.29 is 24.9 Å². The summed E-state index contributed by atoms with van der Waals surface area (Å²) >= 11 is 0. The Labute approximate surface area is 258 Å². The molecule has 242 valence electrons. The lowest BCUT2D eigenvalue weighted by atomic mass is 9.43. The second-order valence-corrected chi connectivity index (χ2v) is 15.7. The number of allylic oxidation sites excluding steroid dienone is 1. The Morgan fingerprint density at radius 2 is 1.74 bits per heavy atom. The highest BCUT2D eigenvalue weighted by Crippen LogP contribution is 2.68. The van der Waals surface area contributed by atoms with Gasteiger partial charge < -0.3 is 20.6 Å². The standard InChI is InChI=1S/C35H57N3O5/c1-6-9-28(40)27(15-17-34(4)37-38-34)36-31(43)11-8-7-10-21(2)24-12-13-25-32-26(20-30(42)35(24,25)5)33(3)16-14-23(39)18-22(33)19-29(32)41/h8,11,21-27,29-30,32,39,41-42H,6-7,9-10,12-20H2,1-5H3,(H,36,43)/t21-,22+,23-,24-,25+,26+,27?,29?,30+,32?,33+,35-/m1/s1. The molecule has 8 nitrogen and oxygen atoms in total. The molecule has 3 unspecified atom stereocenters. The Kier molecular flexibility index (Phi) is 9.62. The van der Waals surface area contributed by atoms with Crippen LogP contribution in [0.3, 0.4) is 0 Å². The van der Waals surface area contributed by atoms with Crippen molar-refractivity contribution >= 4 is 11.7 Å². The van der Waals surface area contributed by atoms with Crippen molar-refractivity contribution in [1.82, 2.24) is 5.32 Å². The third-order valence-electron chi connectivity index (χ3n) is 13.1. The lowest BCUT2D eigenvalue weighted by molar-refractivity contribution is -0.207. The molecule has 1 amide bonds. The van der Waals surface area contributed by atoms with Crippen LogP contribution in [-0.4, -0.2) is 57.0 Å². The number of carbonyl (C=O) groups is 2. The molecule has 4 aliphatic carbocycles. The number of hydrogen-bond donors (Lipinski definition) is 4. The van der Waals surface area contributed by atoms with E-state index in [-0.39, 0.29) is 52.4 Å². The van der Waals surface area contributed by atoms with E-state index >= 15 is 0 Å². The predicted molar refractivity (Wildman–Crippen MR) is 166 cm³/mol. The number of ketones is 1. The van der Waals surface area contributed by atoms with Crippen LogP contribution in [0.15, 0.2) is 22.4 Å². The highest BCUT2D eigenvalue weighted by molar-refractivity contribution is 5.93. The number of amides is 1. The van der Waals surface area contributed by atoms with Gasteiger partial charge in [0.25, 0.3) is 0 Å². The van der Waals surface area contributed by atoms with Crippen LogP contribution in [0.1, 0.15) is 118 Å². The highest BCUT2D eigenvalue weighted by Gasteiger charge is 2.65. The van der Waals surface area contributed by atoms with E-state index < -0.39 is 6.04 Å². The van der Waals surface area contributed by atoms with Crippen LogP contribution in [0, 0.1) is 46.3 Å². The lowest BCUT2D eigenvalue weighted by Crippen LogP contribution is -2.62. The Balaban J connectivity index is 1.17. The molecule has 4 fully saturated rings. The van der Waals surface area contributed by atoms with E-state index in [4.69, 9.17) is 0 Å². The first-order chi connectivity index (χ1) is 20.3. The fourth-order valence-corrected chi connectivity index (χ4v) is 10.4. The molecule has 0 radical (unpaired) electrons. The van der Waals surface area contributed by atoms with Crippen LogP contribution in [0.25, 0.3) is 0 Å². The lowest BCUT2D eigenvalue weighted by Gasteiger charge is -2.63. The quantitative estimate of drug-likeness (QED) is 0.213. The molecule has 1 heterocycles. The molecule has 0 aromatic heterocycles. The molecule has 5 aliphatic rings. The maximum Gasteiger partial charge on any atom is 0.244 e. The van der Waals surface area contributed by atoms with Crippen LogP contribution < -0.4 is 5.32 Å². The summed E-state index contributed by atoms with van der Waals surface area (Å²) in [7, 11) is 0. The van der Waals surface area contributed by atoms with Gasteiger partial charge in [0.05, 0.1) is 24.4 Å². The molecule has 5 rings (SSSR count). The van der Waals surface area contributed by atoms with E-state index in [0.29, 0.717) is 48.9 Å². The van der Waals surface area contributed by atoms with Crippen molar-refractivity contribution in [2.75, 3.05) is 0 Å². The van der Waals surface area contributed by atoms with Crippen molar-refractivity contribution in [2.45, 2.75) is 148 Å². The normalized spacial score (nSPS) is 42.5. The van der Waals surface area contributed by atoms with Gasteiger partial charge in [-0.1, -0.05) is 33.8 Å². The number of aliphatic hydroxyl groups is 3. The number of fused-ring (bicyclic) bond motifs is 5. The maximum atomic E-state index is 12.7. The van der Waals surface area contributed by atoms with Gasteiger partial charge in [-0.25, -0.2) is 0 Å². The maximum absolute atomic E-state index is 12.7. The molecule has 4 N–H and O–H groups in total. The Bertz CT molecular complexity index is 1090. The van der Waals surface area contributed by atoms with Gasteiger partial charge in [0.15, 0.2) is 11.4 Å². The molecule has 43 heavy (non-hydrogen) atoms. The first-order valence-electron chi connectivity index (χ1n) is 17.3. The van der Waals surface area contributed by atoms with E-state index in [2.05, 4.69) is 36.3 Å². The number of hydrogen-bond acceptors (Lipinski definition) is 7.